The molecule has 0 unspecified atom stereocenters. The summed E-state index contributed by atoms with van der Waals surface area (Å²) in [7, 11) is 1.90. The van der Waals surface area contributed by atoms with Gasteiger partial charge in [-0.3, -0.25) is 4.79 Å². The Labute approximate surface area is 145 Å². The van der Waals surface area contributed by atoms with Gasteiger partial charge in [0.1, 0.15) is 23.5 Å². The van der Waals surface area contributed by atoms with E-state index >= 15 is 0 Å². The predicted molar refractivity (Wildman–Crippen MR) is 93.4 cm³/mol. The Balaban J connectivity index is 1.77. The molecule has 0 saturated carbocycles. The van der Waals surface area contributed by atoms with Crippen molar-refractivity contribution in [2.75, 3.05) is 11.4 Å². The monoisotopic (exact) mass is 341 g/mol. The first kappa shape index (κ1) is 15.5. The van der Waals surface area contributed by atoms with E-state index in [1.165, 1.54) is 0 Å². The molecule has 5 nitrogen and oxygen atoms in total. The van der Waals surface area contributed by atoms with E-state index in [0.717, 1.165) is 16.7 Å². The molecule has 1 atom stereocenters. The molecule has 1 N–H and O–H groups in total. The van der Waals surface area contributed by atoms with Crippen LogP contribution in [-0.4, -0.2) is 36.2 Å². The lowest BCUT2D eigenvalue weighted by Gasteiger charge is -2.30. The highest BCUT2D eigenvalue weighted by atomic mass is 35.5. The van der Waals surface area contributed by atoms with E-state index in [1.807, 2.05) is 38.2 Å². The average molecular weight is 342 g/mol. The second-order valence-corrected chi connectivity index (χ2v) is 6.46. The van der Waals surface area contributed by atoms with Gasteiger partial charge in [-0.25, -0.2) is 4.99 Å². The summed E-state index contributed by atoms with van der Waals surface area (Å²) in [4.78, 5) is 19.4. The fourth-order valence-corrected chi connectivity index (χ4v) is 3.58. The van der Waals surface area contributed by atoms with E-state index in [-0.39, 0.29) is 5.78 Å². The van der Waals surface area contributed by atoms with Crippen LogP contribution in [0.3, 0.4) is 0 Å². The number of anilines is 1. The molecule has 1 radical (unpaired) electrons. The van der Waals surface area contributed by atoms with Gasteiger partial charge < -0.3 is 14.3 Å². The Morgan fingerprint density at radius 1 is 1.33 bits per heavy atom. The van der Waals surface area contributed by atoms with Crippen LogP contribution in [0.4, 0.5) is 5.69 Å². The summed E-state index contributed by atoms with van der Waals surface area (Å²) < 4.78 is 4.66. The van der Waals surface area contributed by atoms with Crippen molar-refractivity contribution in [3.8, 4) is 5.75 Å². The lowest BCUT2D eigenvalue weighted by molar-refractivity contribution is -0.127. The summed E-state index contributed by atoms with van der Waals surface area (Å²) in [5.41, 5.74) is 2.37. The number of aliphatic hydroxyl groups is 1. The Morgan fingerprint density at radius 3 is 2.71 bits per heavy atom. The molecule has 0 bridgehead atoms. The Morgan fingerprint density at radius 2 is 2.04 bits per heavy atom. The summed E-state index contributed by atoms with van der Waals surface area (Å²) in [6.45, 7) is 4.36. The van der Waals surface area contributed by atoms with Crippen LogP contribution >= 0.6 is 11.9 Å². The molecule has 121 valence electrons. The van der Waals surface area contributed by atoms with Gasteiger partial charge in [-0.05, 0) is 36.8 Å². The van der Waals surface area contributed by atoms with Crippen LogP contribution in [0.15, 0.2) is 51.5 Å². The van der Waals surface area contributed by atoms with Crippen LogP contribution in [0.2, 0.25) is 0 Å². The lowest BCUT2D eigenvalue weighted by atomic mass is 9.69. The minimum atomic E-state index is -1.56. The molecule has 0 spiro atoms. The summed E-state index contributed by atoms with van der Waals surface area (Å²) >= 11 is 5.34. The van der Waals surface area contributed by atoms with Crippen molar-refractivity contribution < 1.29 is 14.2 Å². The number of nitrogens with zero attached hydrogens (tertiary/aromatic N) is 2. The van der Waals surface area contributed by atoms with Crippen LogP contribution in [0.25, 0.3) is 0 Å². The zero-order valence-corrected chi connectivity index (χ0v) is 14.1. The minimum Gasteiger partial charge on any atom is -0.386 e. The van der Waals surface area contributed by atoms with Gasteiger partial charge >= 0.3 is 0 Å². The minimum absolute atomic E-state index is 0.253. The number of benzene rings is 1. The number of fused-ring (bicyclic) bond motifs is 1. The molecular weight excluding hydrogens is 326 g/mol. The van der Waals surface area contributed by atoms with E-state index in [1.54, 1.807) is 12.1 Å². The zero-order chi connectivity index (χ0) is 17.1. The maximum atomic E-state index is 12.9. The zero-order valence-electron chi connectivity index (χ0n) is 13.3. The van der Waals surface area contributed by atoms with E-state index in [9.17, 15) is 9.90 Å². The number of carbonyl (C=O) groups excluding carboxylic acids is 1. The van der Waals surface area contributed by atoms with Gasteiger partial charge in [0.15, 0.2) is 5.60 Å². The number of hydrogen-bond donors (Lipinski definition) is 1. The molecule has 24 heavy (non-hydrogen) atoms. The lowest BCUT2D eigenvalue weighted by Crippen LogP contribution is -2.50. The number of ketones is 1. The first-order chi connectivity index (χ1) is 11.5. The number of rotatable bonds is 2. The molecule has 3 aliphatic rings. The first-order valence-corrected chi connectivity index (χ1v) is 8.06. The van der Waals surface area contributed by atoms with Crippen molar-refractivity contribution in [1.29, 1.82) is 0 Å². The number of allylic oxidation sites excluding steroid dienone is 2. The number of Topliss-reactive ketones (excluding diaryl/α,β-unsaturated/α-hetero) is 1. The summed E-state index contributed by atoms with van der Waals surface area (Å²) in [6, 6.07) is 7.11. The van der Waals surface area contributed by atoms with E-state index in [0.29, 0.717) is 35.7 Å². The smallest absolute Gasteiger partial charge is 0.212 e. The van der Waals surface area contributed by atoms with Crippen molar-refractivity contribution in [2.45, 2.75) is 25.9 Å². The second-order valence-electron chi connectivity index (χ2n) is 6.31. The van der Waals surface area contributed by atoms with E-state index in [2.05, 4.69) is 9.28 Å². The van der Waals surface area contributed by atoms with E-state index < -0.39 is 5.60 Å². The number of carbonyl (C=O) groups is 1. The van der Waals surface area contributed by atoms with Crippen molar-refractivity contribution in [3.63, 3.8) is 0 Å². The maximum Gasteiger partial charge on any atom is 0.212 e. The highest BCUT2D eigenvalue weighted by molar-refractivity contribution is 6.58. The Kier molecular flexibility index (Phi) is 3.37. The third kappa shape index (κ3) is 1.99. The molecule has 4 rings (SSSR count). The fraction of sp³-hybridized carbons (Fsp3) is 0.294. The topological polar surface area (TPSA) is 62.1 Å². The molecule has 0 aliphatic carbocycles. The molecule has 1 aromatic rings. The van der Waals surface area contributed by atoms with Crippen LogP contribution in [-0.2, 0) is 4.79 Å². The average Bonchev–Trinajstić information content (AvgIpc) is 3.07. The molecule has 1 saturated heterocycles. The quantitative estimate of drug-likeness (QED) is 0.839. The van der Waals surface area contributed by atoms with Gasteiger partial charge in [0, 0.05) is 29.8 Å². The van der Waals surface area contributed by atoms with Crippen LogP contribution in [0, 0.1) is 0 Å². The van der Waals surface area contributed by atoms with Gasteiger partial charge in [-0.15, -0.1) is 0 Å². The van der Waals surface area contributed by atoms with Crippen molar-refractivity contribution in [3.05, 3.63) is 46.5 Å². The molecule has 1 fully saturated rings. The van der Waals surface area contributed by atoms with E-state index in [4.69, 9.17) is 11.9 Å². The third-order valence-corrected chi connectivity index (χ3v) is 5.14. The SMILES string of the molecule is CC1=C(C)C2=C([B]1)N=C1N(c3ccc(OCl)cc3)CC[C@@]1(O)C2=O. The van der Waals surface area contributed by atoms with Crippen molar-refractivity contribution in [2.24, 2.45) is 4.99 Å². The number of aliphatic imine (C=N–C) groups is 1. The Bertz CT molecular complexity index is 844. The predicted octanol–water partition coefficient (Wildman–Crippen LogP) is 2.36. The number of halogens is 1. The summed E-state index contributed by atoms with van der Waals surface area (Å²) in [6.07, 6.45) is 0.321. The maximum absolute atomic E-state index is 12.9. The fourth-order valence-electron chi connectivity index (χ4n) is 3.48. The number of amidine groups is 1. The second kappa shape index (κ2) is 5.23. The molecule has 3 aliphatic heterocycles. The molecule has 1 aromatic carbocycles. The highest BCUT2D eigenvalue weighted by Gasteiger charge is 2.54. The third-order valence-electron chi connectivity index (χ3n) is 4.97. The van der Waals surface area contributed by atoms with Crippen LogP contribution in [0.5, 0.6) is 5.75 Å². The molecule has 0 amide bonds. The van der Waals surface area contributed by atoms with Gasteiger partial charge in [-0.2, -0.15) is 0 Å². The molecule has 7 heteroatoms. The number of hydrogen-bond acceptors (Lipinski definition) is 5. The van der Waals surface area contributed by atoms with Crippen LogP contribution in [0.1, 0.15) is 20.3 Å². The van der Waals surface area contributed by atoms with Gasteiger partial charge in [0.25, 0.3) is 0 Å². The summed E-state index contributed by atoms with van der Waals surface area (Å²) in [5, 5.41) is 11.0. The largest absolute Gasteiger partial charge is 0.386 e. The first-order valence-electron chi connectivity index (χ1n) is 7.75. The van der Waals surface area contributed by atoms with Gasteiger partial charge in [0.05, 0.1) is 0 Å². The standard InChI is InChI=1S/C17H15BClN2O3/c1-9-10(2)18-15-13(9)14(22)17(23)7-8-21(16(17)20-15)11-3-5-12(24-19)6-4-11/h3-6,23H,7-8H2,1-2H3/t17-/m1/s1. The van der Waals surface area contributed by atoms with Gasteiger partial charge in [0.2, 0.25) is 13.1 Å². The normalized spacial score (nSPS) is 25.6. The summed E-state index contributed by atoms with van der Waals surface area (Å²) in [5.74, 6) is 0.668. The molecule has 0 aromatic heterocycles. The van der Waals surface area contributed by atoms with Crippen LogP contribution < -0.4 is 9.19 Å². The van der Waals surface area contributed by atoms with Crippen molar-refractivity contribution in [1.82, 2.24) is 0 Å². The van der Waals surface area contributed by atoms with Crippen molar-refractivity contribution >= 4 is 36.5 Å². The Hall–Kier alpha value is -2.05. The molecule has 3 heterocycles. The molecular formula is C17H15BClN2O3. The van der Waals surface area contributed by atoms with Gasteiger partial charge in [-0.1, -0.05) is 12.4 Å². The highest BCUT2D eigenvalue weighted by Crippen LogP contribution is 2.41.